The SMILES string of the molecule is CCc1ccc(C#N)c(C#N)c1CC. The summed E-state index contributed by atoms with van der Waals surface area (Å²) in [6, 6.07) is 7.84. The van der Waals surface area contributed by atoms with Gasteiger partial charge in [-0.2, -0.15) is 10.5 Å². The number of hydrogen-bond acceptors (Lipinski definition) is 2. The van der Waals surface area contributed by atoms with Crippen LogP contribution in [0.5, 0.6) is 0 Å². The van der Waals surface area contributed by atoms with E-state index in [1.807, 2.05) is 13.0 Å². The minimum atomic E-state index is 0.488. The molecule has 0 aromatic heterocycles. The highest BCUT2D eigenvalue weighted by Gasteiger charge is 2.09. The minimum Gasteiger partial charge on any atom is -0.192 e. The lowest BCUT2D eigenvalue weighted by Crippen LogP contribution is -1.98. The number of aryl methyl sites for hydroxylation is 1. The normalized spacial score (nSPS) is 9.14. The number of nitriles is 2. The molecule has 0 unspecified atom stereocenters. The van der Waals surface area contributed by atoms with Gasteiger partial charge in [0.1, 0.15) is 12.1 Å². The van der Waals surface area contributed by atoms with E-state index >= 15 is 0 Å². The quantitative estimate of drug-likeness (QED) is 0.709. The molecule has 14 heavy (non-hydrogen) atoms. The lowest BCUT2D eigenvalue weighted by Gasteiger charge is -2.08. The highest BCUT2D eigenvalue weighted by Crippen LogP contribution is 2.19. The Morgan fingerprint density at radius 3 is 2.21 bits per heavy atom. The van der Waals surface area contributed by atoms with Crippen molar-refractivity contribution in [3.63, 3.8) is 0 Å². The Balaban J connectivity index is 3.48. The van der Waals surface area contributed by atoms with Gasteiger partial charge in [0.25, 0.3) is 0 Å². The first-order chi connectivity index (χ1) is 6.78. The molecule has 0 saturated carbocycles. The third-order valence-corrected chi connectivity index (χ3v) is 2.38. The van der Waals surface area contributed by atoms with Crippen LogP contribution in [0.1, 0.15) is 36.1 Å². The third kappa shape index (κ3) is 1.60. The summed E-state index contributed by atoms with van der Waals surface area (Å²) in [7, 11) is 0. The summed E-state index contributed by atoms with van der Waals surface area (Å²) in [5.41, 5.74) is 3.23. The maximum atomic E-state index is 8.98. The van der Waals surface area contributed by atoms with Crippen molar-refractivity contribution in [2.24, 2.45) is 0 Å². The van der Waals surface area contributed by atoms with Crippen LogP contribution in [0.25, 0.3) is 0 Å². The molecule has 2 heteroatoms. The fraction of sp³-hybridized carbons (Fsp3) is 0.333. The molecule has 0 heterocycles. The molecule has 70 valence electrons. The van der Waals surface area contributed by atoms with Crippen molar-refractivity contribution in [3.8, 4) is 12.1 Å². The Hall–Kier alpha value is -1.80. The Kier molecular flexibility index (Phi) is 3.26. The molecule has 0 radical (unpaired) electrons. The number of benzene rings is 1. The van der Waals surface area contributed by atoms with Crippen LogP contribution >= 0.6 is 0 Å². The van der Waals surface area contributed by atoms with Gasteiger partial charge in [0.05, 0.1) is 11.1 Å². The second-order valence-corrected chi connectivity index (χ2v) is 3.06. The molecule has 0 saturated heterocycles. The maximum absolute atomic E-state index is 8.98. The van der Waals surface area contributed by atoms with Crippen LogP contribution in [0.2, 0.25) is 0 Å². The summed E-state index contributed by atoms with van der Waals surface area (Å²) < 4.78 is 0. The van der Waals surface area contributed by atoms with E-state index in [4.69, 9.17) is 10.5 Å². The lowest BCUT2D eigenvalue weighted by molar-refractivity contribution is 1.03. The summed E-state index contributed by atoms with van der Waals surface area (Å²) in [5, 5.41) is 17.8. The molecule has 0 aliphatic heterocycles. The van der Waals surface area contributed by atoms with Crippen molar-refractivity contribution in [3.05, 3.63) is 34.4 Å². The second-order valence-electron chi connectivity index (χ2n) is 3.06. The van der Waals surface area contributed by atoms with Gasteiger partial charge in [-0.05, 0) is 30.0 Å². The molecule has 0 bridgehead atoms. The third-order valence-electron chi connectivity index (χ3n) is 2.38. The summed E-state index contributed by atoms with van der Waals surface area (Å²) >= 11 is 0. The van der Waals surface area contributed by atoms with Gasteiger partial charge >= 0.3 is 0 Å². The van der Waals surface area contributed by atoms with Crippen molar-refractivity contribution < 1.29 is 0 Å². The first kappa shape index (κ1) is 10.3. The molecule has 1 aromatic carbocycles. The van der Waals surface area contributed by atoms with Gasteiger partial charge in [-0.15, -0.1) is 0 Å². The zero-order chi connectivity index (χ0) is 10.6. The molecule has 0 fully saturated rings. The first-order valence-electron chi connectivity index (χ1n) is 4.73. The Morgan fingerprint density at radius 2 is 1.79 bits per heavy atom. The van der Waals surface area contributed by atoms with E-state index in [0.717, 1.165) is 18.4 Å². The maximum Gasteiger partial charge on any atom is 0.101 e. The van der Waals surface area contributed by atoms with Crippen LogP contribution in [-0.4, -0.2) is 0 Å². The molecular weight excluding hydrogens is 172 g/mol. The Labute approximate surface area is 84.4 Å². The largest absolute Gasteiger partial charge is 0.192 e. The first-order valence-corrected chi connectivity index (χ1v) is 4.73. The molecule has 2 nitrogen and oxygen atoms in total. The molecule has 1 aromatic rings. The topological polar surface area (TPSA) is 47.6 Å². The van der Waals surface area contributed by atoms with Gasteiger partial charge in [0.2, 0.25) is 0 Å². The van der Waals surface area contributed by atoms with Crippen LogP contribution in [-0.2, 0) is 12.8 Å². The van der Waals surface area contributed by atoms with Gasteiger partial charge < -0.3 is 0 Å². The molecule has 0 aliphatic carbocycles. The zero-order valence-corrected chi connectivity index (χ0v) is 8.46. The summed E-state index contributed by atoms with van der Waals surface area (Å²) in [6.07, 6.45) is 1.71. The van der Waals surface area contributed by atoms with E-state index in [9.17, 15) is 0 Å². The van der Waals surface area contributed by atoms with E-state index in [2.05, 4.69) is 19.1 Å². The standard InChI is InChI=1S/C12H12N2/c1-3-9-5-6-10(7-13)12(8-14)11(9)4-2/h5-6H,3-4H2,1-2H3. The van der Waals surface area contributed by atoms with Crippen molar-refractivity contribution in [1.29, 1.82) is 10.5 Å². The van der Waals surface area contributed by atoms with Crippen molar-refractivity contribution in [1.82, 2.24) is 0 Å². The van der Waals surface area contributed by atoms with Crippen molar-refractivity contribution in [2.45, 2.75) is 26.7 Å². The van der Waals surface area contributed by atoms with Gasteiger partial charge in [-0.25, -0.2) is 0 Å². The monoisotopic (exact) mass is 184 g/mol. The number of nitrogens with zero attached hydrogens (tertiary/aromatic N) is 2. The molecule has 0 aliphatic rings. The molecule has 0 N–H and O–H groups in total. The number of hydrogen-bond donors (Lipinski definition) is 0. The molecular formula is C12H12N2. The van der Waals surface area contributed by atoms with Gasteiger partial charge in [-0.3, -0.25) is 0 Å². The van der Waals surface area contributed by atoms with E-state index in [-0.39, 0.29) is 0 Å². The number of rotatable bonds is 2. The fourth-order valence-electron chi connectivity index (χ4n) is 1.65. The summed E-state index contributed by atoms with van der Waals surface area (Å²) in [4.78, 5) is 0. The van der Waals surface area contributed by atoms with Crippen LogP contribution in [0.4, 0.5) is 0 Å². The lowest BCUT2D eigenvalue weighted by atomic mass is 9.94. The predicted molar refractivity (Wildman–Crippen MR) is 54.6 cm³/mol. The van der Waals surface area contributed by atoms with Crippen LogP contribution in [0.15, 0.2) is 12.1 Å². The Bertz CT molecular complexity index is 419. The highest BCUT2D eigenvalue weighted by atomic mass is 14.3. The summed E-state index contributed by atoms with van der Waals surface area (Å²) in [5.74, 6) is 0. The van der Waals surface area contributed by atoms with E-state index in [1.54, 1.807) is 6.07 Å². The second kappa shape index (κ2) is 4.44. The molecule has 0 spiro atoms. The van der Waals surface area contributed by atoms with Crippen LogP contribution < -0.4 is 0 Å². The zero-order valence-electron chi connectivity index (χ0n) is 8.46. The van der Waals surface area contributed by atoms with Gasteiger partial charge in [-0.1, -0.05) is 19.9 Å². The van der Waals surface area contributed by atoms with E-state index in [1.165, 1.54) is 5.56 Å². The predicted octanol–water partition coefficient (Wildman–Crippen LogP) is 2.55. The fourth-order valence-corrected chi connectivity index (χ4v) is 1.65. The van der Waals surface area contributed by atoms with Gasteiger partial charge in [0, 0.05) is 0 Å². The summed E-state index contributed by atoms with van der Waals surface area (Å²) in [6.45, 7) is 4.07. The van der Waals surface area contributed by atoms with E-state index in [0.29, 0.717) is 11.1 Å². The Morgan fingerprint density at radius 1 is 1.07 bits per heavy atom. The minimum absolute atomic E-state index is 0.488. The van der Waals surface area contributed by atoms with Crippen LogP contribution in [0, 0.1) is 22.7 Å². The van der Waals surface area contributed by atoms with E-state index < -0.39 is 0 Å². The molecule has 0 amide bonds. The smallest absolute Gasteiger partial charge is 0.101 e. The van der Waals surface area contributed by atoms with Crippen molar-refractivity contribution >= 4 is 0 Å². The van der Waals surface area contributed by atoms with Gasteiger partial charge in [0.15, 0.2) is 0 Å². The average molecular weight is 184 g/mol. The molecule has 0 atom stereocenters. The average Bonchev–Trinajstić information content (AvgIpc) is 2.26. The molecule has 1 rings (SSSR count). The van der Waals surface area contributed by atoms with Crippen molar-refractivity contribution in [2.75, 3.05) is 0 Å². The van der Waals surface area contributed by atoms with Crippen LogP contribution in [0.3, 0.4) is 0 Å². The highest BCUT2D eigenvalue weighted by molar-refractivity contribution is 5.53.